The number of benzene rings is 1. The predicted octanol–water partition coefficient (Wildman–Crippen LogP) is 0.248. The van der Waals surface area contributed by atoms with Crippen LogP contribution in [0.2, 0.25) is 0 Å². The van der Waals surface area contributed by atoms with Gasteiger partial charge in [-0.15, -0.1) is 0 Å². The highest BCUT2D eigenvalue weighted by molar-refractivity contribution is 5.92. The maximum atomic E-state index is 11.6. The molecule has 21 heavy (non-hydrogen) atoms. The number of phenolic OH excluding ortho intramolecular Hbond substituents is 1. The lowest BCUT2D eigenvalue weighted by atomic mass is 10.2. The number of nitrogens with zero attached hydrogens (tertiary/aromatic N) is 2. The van der Waals surface area contributed by atoms with Crippen LogP contribution in [0.3, 0.4) is 0 Å². The molecular formula is C13H12N4O4. The van der Waals surface area contributed by atoms with Crippen molar-refractivity contribution in [3.8, 4) is 11.5 Å². The number of aromatic hydroxyl groups is 1. The summed E-state index contributed by atoms with van der Waals surface area (Å²) in [4.78, 5) is 22.4. The van der Waals surface area contributed by atoms with E-state index < -0.39 is 11.5 Å². The minimum absolute atomic E-state index is 0.0318. The standard InChI is InChI=1S/C13H12N4O4/c1-21-11-4-2-8(6-10(11)18)7-14-17-13(20)9-3-5-12(19)16-15-9/h2-7,18H,1H3,(H,16,19)(H,17,20)/b14-7+. The van der Waals surface area contributed by atoms with Gasteiger partial charge in [-0.2, -0.15) is 10.2 Å². The third-order valence-electron chi connectivity index (χ3n) is 2.49. The van der Waals surface area contributed by atoms with Gasteiger partial charge in [-0.1, -0.05) is 0 Å². The van der Waals surface area contributed by atoms with Gasteiger partial charge in [0.2, 0.25) is 0 Å². The summed E-state index contributed by atoms with van der Waals surface area (Å²) < 4.78 is 4.91. The van der Waals surface area contributed by atoms with E-state index in [9.17, 15) is 14.7 Å². The fourth-order valence-corrected chi connectivity index (χ4v) is 1.48. The Hall–Kier alpha value is -3.16. The predicted molar refractivity (Wildman–Crippen MR) is 74.6 cm³/mol. The first-order valence-electron chi connectivity index (χ1n) is 5.86. The summed E-state index contributed by atoms with van der Waals surface area (Å²) in [5, 5.41) is 19.0. The molecule has 108 valence electrons. The summed E-state index contributed by atoms with van der Waals surface area (Å²) in [5.41, 5.74) is 2.45. The zero-order valence-electron chi connectivity index (χ0n) is 11.0. The van der Waals surface area contributed by atoms with Gasteiger partial charge >= 0.3 is 0 Å². The summed E-state index contributed by atoms with van der Waals surface area (Å²) in [6.07, 6.45) is 1.35. The molecular weight excluding hydrogens is 276 g/mol. The smallest absolute Gasteiger partial charge is 0.291 e. The molecule has 0 atom stereocenters. The lowest BCUT2D eigenvalue weighted by Crippen LogP contribution is -2.21. The molecule has 1 aromatic carbocycles. The average Bonchev–Trinajstić information content (AvgIpc) is 2.48. The fourth-order valence-electron chi connectivity index (χ4n) is 1.48. The number of ether oxygens (including phenoxy) is 1. The van der Waals surface area contributed by atoms with E-state index in [2.05, 4.69) is 20.7 Å². The molecule has 2 rings (SSSR count). The number of hydrazone groups is 1. The number of aromatic nitrogens is 2. The first-order chi connectivity index (χ1) is 10.1. The zero-order valence-corrected chi connectivity index (χ0v) is 11.0. The summed E-state index contributed by atoms with van der Waals surface area (Å²) in [5.74, 6) is -0.260. The number of phenols is 1. The van der Waals surface area contributed by atoms with Crippen LogP contribution in [0.4, 0.5) is 0 Å². The molecule has 1 amide bonds. The molecule has 0 radical (unpaired) electrons. The Morgan fingerprint density at radius 1 is 1.43 bits per heavy atom. The summed E-state index contributed by atoms with van der Waals surface area (Å²) in [6.45, 7) is 0. The number of H-pyrrole nitrogens is 1. The highest BCUT2D eigenvalue weighted by Gasteiger charge is 2.05. The van der Waals surface area contributed by atoms with Crippen molar-refractivity contribution in [1.29, 1.82) is 0 Å². The maximum absolute atomic E-state index is 11.6. The van der Waals surface area contributed by atoms with Crippen molar-refractivity contribution < 1.29 is 14.6 Å². The van der Waals surface area contributed by atoms with Crippen molar-refractivity contribution >= 4 is 12.1 Å². The third kappa shape index (κ3) is 3.66. The molecule has 0 aliphatic heterocycles. The lowest BCUT2D eigenvalue weighted by Gasteiger charge is -2.03. The number of rotatable bonds is 4. The molecule has 0 fully saturated rings. The second-order valence-corrected chi connectivity index (χ2v) is 3.94. The van der Waals surface area contributed by atoms with Gasteiger partial charge in [-0.05, 0) is 29.8 Å². The van der Waals surface area contributed by atoms with Crippen LogP contribution < -0.4 is 15.7 Å². The van der Waals surface area contributed by atoms with E-state index >= 15 is 0 Å². The molecule has 0 saturated heterocycles. The van der Waals surface area contributed by atoms with Crippen molar-refractivity contribution in [1.82, 2.24) is 15.6 Å². The Balaban J connectivity index is 2.02. The van der Waals surface area contributed by atoms with E-state index in [1.54, 1.807) is 12.1 Å². The van der Waals surface area contributed by atoms with Crippen LogP contribution in [0.1, 0.15) is 16.1 Å². The van der Waals surface area contributed by atoms with Gasteiger partial charge in [-0.25, -0.2) is 10.5 Å². The fraction of sp³-hybridized carbons (Fsp3) is 0.0769. The van der Waals surface area contributed by atoms with Crippen LogP contribution in [0, 0.1) is 0 Å². The SMILES string of the molecule is COc1ccc(/C=N/NC(=O)c2ccc(=O)[nH]n2)cc1O. The zero-order chi connectivity index (χ0) is 15.2. The summed E-state index contributed by atoms with van der Waals surface area (Å²) >= 11 is 0. The molecule has 0 spiro atoms. The molecule has 2 aromatic rings. The van der Waals surface area contributed by atoms with Gasteiger partial charge in [0.15, 0.2) is 17.2 Å². The summed E-state index contributed by atoms with van der Waals surface area (Å²) in [6, 6.07) is 7.14. The first-order valence-corrected chi connectivity index (χ1v) is 5.86. The first kappa shape index (κ1) is 14.3. The van der Waals surface area contributed by atoms with E-state index in [4.69, 9.17) is 4.74 Å². The van der Waals surface area contributed by atoms with Gasteiger partial charge in [-0.3, -0.25) is 9.59 Å². The maximum Gasteiger partial charge on any atom is 0.291 e. The second kappa shape index (κ2) is 6.33. The van der Waals surface area contributed by atoms with Crippen molar-refractivity contribution in [3.05, 3.63) is 51.9 Å². The molecule has 0 aliphatic carbocycles. The second-order valence-electron chi connectivity index (χ2n) is 3.94. The van der Waals surface area contributed by atoms with Gasteiger partial charge in [0, 0.05) is 6.07 Å². The van der Waals surface area contributed by atoms with Gasteiger partial charge < -0.3 is 9.84 Å². The topological polar surface area (TPSA) is 117 Å². The normalized spacial score (nSPS) is 10.5. The van der Waals surface area contributed by atoms with Gasteiger partial charge in [0.1, 0.15) is 0 Å². The Morgan fingerprint density at radius 3 is 2.86 bits per heavy atom. The minimum atomic E-state index is -0.569. The molecule has 1 heterocycles. The lowest BCUT2D eigenvalue weighted by molar-refractivity contribution is 0.0949. The van der Waals surface area contributed by atoms with Crippen LogP contribution in [0.15, 0.2) is 40.2 Å². The number of methoxy groups -OCH3 is 1. The van der Waals surface area contributed by atoms with E-state index in [0.717, 1.165) is 0 Å². The molecule has 0 aliphatic rings. The number of carbonyl (C=O) groups excluding carboxylic acids is 1. The summed E-state index contributed by atoms with van der Waals surface area (Å²) in [7, 11) is 1.44. The number of hydrogen-bond acceptors (Lipinski definition) is 6. The molecule has 1 aromatic heterocycles. The van der Waals surface area contributed by atoms with Gasteiger partial charge in [0.25, 0.3) is 11.5 Å². The molecule has 0 saturated carbocycles. The average molecular weight is 288 g/mol. The number of nitrogens with one attached hydrogen (secondary N) is 2. The number of carbonyl (C=O) groups is 1. The molecule has 8 nitrogen and oxygen atoms in total. The molecule has 0 bridgehead atoms. The van der Waals surface area contributed by atoms with E-state index in [1.807, 2.05) is 0 Å². The molecule has 0 unspecified atom stereocenters. The van der Waals surface area contributed by atoms with E-state index in [1.165, 1.54) is 31.5 Å². The number of hydrogen-bond donors (Lipinski definition) is 3. The van der Waals surface area contributed by atoms with Crippen LogP contribution >= 0.6 is 0 Å². The number of aromatic amines is 1. The van der Waals surface area contributed by atoms with Crippen LogP contribution in [-0.4, -0.2) is 34.5 Å². The van der Waals surface area contributed by atoms with Crippen molar-refractivity contribution in [2.24, 2.45) is 5.10 Å². The third-order valence-corrected chi connectivity index (χ3v) is 2.49. The monoisotopic (exact) mass is 288 g/mol. The van der Waals surface area contributed by atoms with Crippen LogP contribution in [-0.2, 0) is 0 Å². The largest absolute Gasteiger partial charge is 0.504 e. The van der Waals surface area contributed by atoms with Gasteiger partial charge in [0.05, 0.1) is 13.3 Å². The highest BCUT2D eigenvalue weighted by atomic mass is 16.5. The minimum Gasteiger partial charge on any atom is -0.504 e. The van der Waals surface area contributed by atoms with Crippen LogP contribution in [0.25, 0.3) is 0 Å². The Labute approximate surface area is 119 Å². The van der Waals surface area contributed by atoms with Crippen molar-refractivity contribution in [2.75, 3.05) is 7.11 Å². The highest BCUT2D eigenvalue weighted by Crippen LogP contribution is 2.25. The van der Waals surface area contributed by atoms with Crippen molar-refractivity contribution in [3.63, 3.8) is 0 Å². The van der Waals surface area contributed by atoms with Crippen molar-refractivity contribution in [2.45, 2.75) is 0 Å². The Bertz CT molecular complexity index is 719. The van der Waals surface area contributed by atoms with E-state index in [-0.39, 0.29) is 11.4 Å². The number of amides is 1. The molecule has 3 N–H and O–H groups in total. The van der Waals surface area contributed by atoms with Crippen LogP contribution in [0.5, 0.6) is 11.5 Å². The quantitative estimate of drug-likeness (QED) is 0.550. The van der Waals surface area contributed by atoms with E-state index in [0.29, 0.717) is 11.3 Å². The Kier molecular flexibility index (Phi) is 4.30. The Morgan fingerprint density at radius 2 is 2.24 bits per heavy atom. The molecule has 8 heteroatoms.